The molecule has 0 unspecified atom stereocenters. The van der Waals surface area contributed by atoms with Crippen LogP contribution in [0.4, 0.5) is 0 Å². The van der Waals surface area contributed by atoms with Gasteiger partial charge < -0.3 is 5.11 Å². The lowest BCUT2D eigenvalue weighted by atomic mass is 10.00. The van der Waals surface area contributed by atoms with Crippen molar-refractivity contribution in [3.05, 3.63) is 53.9 Å². The van der Waals surface area contributed by atoms with Crippen LogP contribution in [0.3, 0.4) is 0 Å². The quantitative estimate of drug-likeness (QED) is 0.689. The van der Waals surface area contributed by atoms with Gasteiger partial charge in [-0.2, -0.15) is 0 Å². The lowest BCUT2D eigenvalue weighted by Crippen LogP contribution is -2.05. The SMILES string of the molecule is O=C(O)c1c(-c2ccccc2)ccnc1CI. The molecular formula is C13H10INO2. The molecule has 0 saturated heterocycles. The molecule has 86 valence electrons. The molecule has 0 saturated carbocycles. The highest BCUT2D eigenvalue weighted by molar-refractivity contribution is 14.1. The lowest BCUT2D eigenvalue weighted by Gasteiger charge is -2.09. The first-order chi connectivity index (χ1) is 8.24. The number of benzene rings is 1. The average molecular weight is 339 g/mol. The average Bonchev–Trinajstić information content (AvgIpc) is 2.38. The molecule has 2 aromatic rings. The first kappa shape index (κ1) is 12.0. The van der Waals surface area contributed by atoms with E-state index in [1.165, 1.54) is 0 Å². The number of aromatic carboxylic acids is 1. The molecule has 0 spiro atoms. The molecule has 0 aliphatic carbocycles. The second kappa shape index (κ2) is 5.27. The number of carbonyl (C=O) groups is 1. The monoisotopic (exact) mass is 339 g/mol. The van der Waals surface area contributed by atoms with E-state index in [9.17, 15) is 9.90 Å². The number of halogens is 1. The zero-order valence-corrected chi connectivity index (χ0v) is 11.1. The highest BCUT2D eigenvalue weighted by Crippen LogP contribution is 2.26. The van der Waals surface area contributed by atoms with Crippen LogP contribution >= 0.6 is 22.6 Å². The van der Waals surface area contributed by atoms with Crippen molar-refractivity contribution in [1.82, 2.24) is 4.98 Å². The van der Waals surface area contributed by atoms with Crippen LogP contribution in [-0.2, 0) is 4.43 Å². The summed E-state index contributed by atoms with van der Waals surface area (Å²) in [6.07, 6.45) is 1.66. The maximum Gasteiger partial charge on any atom is 0.338 e. The third-order valence-electron chi connectivity index (χ3n) is 2.45. The Bertz CT molecular complexity index is 540. The third kappa shape index (κ3) is 2.46. The molecule has 1 aromatic heterocycles. The highest BCUT2D eigenvalue weighted by Gasteiger charge is 2.16. The van der Waals surface area contributed by atoms with Gasteiger partial charge in [0.15, 0.2) is 0 Å². The molecule has 0 aliphatic heterocycles. The fraction of sp³-hybridized carbons (Fsp3) is 0.0769. The van der Waals surface area contributed by atoms with E-state index in [0.29, 0.717) is 15.7 Å². The Morgan fingerprint density at radius 2 is 1.94 bits per heavy atom. The van der Waals surface area contributed by atoms with E-state index in [4.69, 9.17) is 0 Å². The lowest BCUT2D eigenvalue weighted by molar-refractivity contribution is 0.0696. The number of hydrogen-bond donors (Lipinski definition) is 1. The van der Waals surface area contributed by atoms with Gasteiger partial charge in [-0.3, -0.25) is 4.98 Å². The molecule has 0 aliphatic rings. The summed E-state index contributed by atoms with van der Waals surface area (Å²) in [6, 6.07) is 11.2. The zero-order chi connectivity index (χ0) is 12.3. The number of aromatic nitrogens is 1. The van der Waals surface area contributed by atoms with Crippen LogP contribution in [0.15, 0.2) is 42.6 Å². The van der Waals surface area contributed by atoms with Gasteiger partial charge in [0.2, 0.25) is 0 Å². The van der Waals surface area contributed by atoms with E-state index in [0.717, 1.165) is 11.1 Å². The number of carboxylic acids is 1. The molecule has 17 heavy (non-hydrogen) atoms. The summed E-state index contributed by atoms with van der Waals surface area (Å²) in [5, 5.41) is 9.30. The predicted octanol–water partition coefficient (Wildman–Crippen LogP) is 3.38. The molecule has 0 amide bonds. The predicted molar refractivity (Wildman–Crippen MR) is 74.4 cm³/mol. The number of alkyl halides is 1. The fourth-order valence-electron chi connectivity index (χ4n) is 1.70. The van der Waals surface area contributed by atoms with Gasteiger partial charge >= 0.3 is 5.97 Å². The molecule has 1 heterocycles. The number of carboxylic acid groups (broad SMARTS) is 1. The van der Waals surface area contributed by atoms with Crippen LogP contribution in [0, 0.1) is 0 Å². The Morgan fingerprint density at radius 3 is 2.53 bits per heavy atom. The van der Waals surface area contributed by atoms with Crippen LogP contribution in [0.25, 0.3) is 11.1 Å². The second-order valence-electron chi connectivity index (χ2n) is 3.49. The molecule has 1 aromatic carbocycles. The van der Waals surface area contributed by atoms with Crippen molar-refractivity contribution < 1.29 is 9.90 Å². The summed E-state index contributed by atoms with van der Waals surface area (Å²) in [7, 11) is 0. The van der Waals surface area contributed by atoms with Gasteiger partial charge in [-0.05, 0) is 17.2 Å². The molecule has 0 bridgehead atoms. The van der Waals surface area contributed by atoms with Gasteiger partial charge in [-0.25, -0.2) is 4.79 Å². The van der Waals surface area contributed by atoms with Crippen LogP contribution in [0.2, 0.25) is 0 Å². The van der Waals surface area contributed by atoms with Crippen LogP contribution in [0.5, 0.6) is 0 Å². The third-order valence-corrected chi connectivity index (χ3v) is 3.18. The summed E-state index contributed by atoms with van der Waals surface area (Å²) in [4.78, 5) is 15.4. The van der Waals surface area contributed by atoms with Gasteiger partial charge in [0, 0.05) is 10.6 Å². The fourth-order valence-corrected chi connectivity index (χ4v) is 2.28. The first-order valence-corrected chi connectivity index (χ1v) is 6.59. The van der Waals surface area contributed by atoms with E-state index in [-0.39, 0.29) is 0 Å². The smallest absolute Gasteiger partial charge is 0.338 e. The van der Waals surface area contributed by atoms with Crippen molar-refractivity contribution in [2.24, 2.45) is 0 Å². The van der Waals surface area contributed by atoms with Crippen LogP contribution in [-0.4, -0.2) is 16.1 Å². The van der Waals surface area contributed by atoms with Crippen LogP contribution < -0.4 is 0 Å². The molecule has 0 atom stereocenters. The molecule has 0 fully saturated rings. The van der Waals surface area contributed by atoms with E-state index in [1.54, 1.807) is 12.3 Å². The van der Waals surface area contributed by atoms with Crippen molar-refractivity contribution in [2.75, 3.05) is 0 Å². The first-order valence-electron chi connectivity index (χ1n) is 5.06. The summed E-state index contributed by atoms with van der Waals surface area (Å²) in [6.45, 7) is 0. The van der Waals surface area contributed by atoms with E-state index < -0.39 is 5.97 Å². The van der Waals surface area contributed by atoms with E-state index >= 15 is 0 Å². The minimum absolute atomic E-state index is 0.299. The maximum absolute atomic E-state index is 11.3. The number of nitrogens with zero attached hydrogens (tertiary/aromatic N) is 1. The van der Waals surface area contributed by atoms with Gasteiger partial charge in [-0.15, -0.1) is 0 Å². The Morgan fingerprint density at radius 1 is 1.24 bits per heavy atom. The van der Waals surface area contributed by atoms with Crippen molar-refractivity contribution >= 4 is 28.6 Å². The minimum Gasteiger partial charge on any atom is -0.478 e. The molecule has 3 nitrogen and oxygen atoms in total. The molecule has 2 rings (SSSR count). The molecule has 1 N–H and O–H groups in total. The zero-order valence-electron chi connectivity index (χ0n) is 8.93. The summed E-state index contributed by atoms with van der Waals surface area (Å²) in [5.41, 5.74) is 2.53. The van der Waals surface area contributed by atoms with Gasteiger partial charge in [0.25, 0.3) is 0 Å². The summed E-state index contributed by atoms with van der Waals surface area (Å²) < 4.78 is 0.583. The van der Waals surface area contributed by atoms with Gasteiger partial charge in [0.1, 0.15) is 0 Å². The Hall–Kier alpha value is -1.43. The number of pyridine rings is 1. The van der Waals surface area contributed by atoms with Gasteiger partial charge in [0.05, 0.1) is 11.3 Å². The maximum atomic E-state index is 11.3. The number of hydrogen-bond acceptors (Lipinski definition) is 2. The highest BCUT2D eigenvalue weighted by atomic mass is 127. The van der Waals surface area contributed by atoms with Crippen molar-refractivity contribution in [1.29, 1.82) is 0 Å². The Kier molecular flexibility index (Phi) is 3.73. The molecule has 0 radical (unpaired) electrons. The normalized spacial score (nSPS) is 10.2. The largest absolute Gasteiger partial charge is 0.478 e. The summed E-state index contributed by atoms with van der Waals surface area (Å²) >= 11 is 2.12. The Balaban J connectivity index is 2.66. The Labute approximate surface area is 113 Å². The summed E-state index contributed by atoms with van der Waals surface area (Å²) in [5.74, 6) is -0.927. The van der Waals surface area contributed by atoms with Gasteiger partial charge in [-0.1, -0.05) is 52.9 Å². The number of rotatable bonds is 3. The standard InChI is InChI=1S/C13H10INO2/c14-8-11-12(13(16)17)10(6-7-15-11)9-4-2-1-3-5-9/h1-7H,8H2,(H,16,17). The molecule has 4 heteroatoms. The van der Waals surface area contributed by atoms with E-state index in [1.807, 2.05) is 30.3 Å². The van der Waals surface area contributed by atoms with Crippen molar-refractivity contribution in [3.63, 3.8) is 0 Å². The van der Waals surface area contributed by atoms with Crippen LogP contribution in [0.1, 0.15) is 16.1 Å². The second-order valence-corrected chi connectivity index (χ2v) is 4.25. The van der Waals surface area contributed by atoms with Crippen molar-refractivity contribution in [2.45, 2.75) is 4.43 Å². The molecular weight excluding hydrogens is 329 g/mol. The van der Waals surface area contributed by atoms with E-state index in [2.05, 4.69) is 27.6 Å². The van der Waals surface area contributed by atoms with Crippen molar-refractivity contribution in [3.8, 4) is 11.1 Å². The topological polar surface area (TPSA) is 50.2 Å². The minimum atomic E-state index is -0.927.